The van der Waals surface area contributed by atoms with Crippen molar-refractivity contribution >= 4 is 5.97 Å². The van der Waals surface area contributed by atoms with Crippen LogP contribution >= 0.6 is 0 Å². The molecule has 2 saturated carbocycles. The number of rotatable bonds is 1. The predicted molar refractivity (Wildman–Crippen MR) is 50.4 cm³/mol. The lowest BCUT2D eigenvalue weighted by molar-refractivity contribution is -0.151. The van der Waals surface area contributed by atoms with Gasteiger partial charge in [-0.05, 0) is 36.0 Å². The fraction of sp³-hybridized carbons (Fsp3) is 0.909. The third-order valence-electron chi connectivity index (χ3n) is 4.52. The van der Waals surface area contributed by atoms with Gasteiger partial charge in [0.05, 0.1) is 5.92 Å². The Morgan fingerprint density at radius 3 is 2.31 bits per heavy atom. The Bertz CT molecular complexity index is 252. The molecule has 0 saturated heterocycles. The maximum absolute atomic E-state index is 11.2. The predicted octanol–water partition coefficient (Wildman–Crippen LogP) is 2.53. The summed E-state index contributed by atoms with van der Waals surface area (Å²) in [7, 11) is 0. The summed E-state index contributed by atoms with van der Waals surface area (Å²) in [5, 5.41) is 9.24. The lowest BCUT2D eigenvalue weighted by Gasteiger charge is -2.39. The largest absolute Gasteiger partial charge is 0.481 e. The molecule has 0 amide bonds. The van der Waals surface area contributed by atoms with Crippen LogP contribution in [0.3, 0.4) is 0 Å². The first-order valence-electron chi connectivity index (χ1n) is 5.11. The summed E-state index contributed by atoms with van der Waals surface area (Å²) in [4.78, 5) is 11.2. The maximum atomic E-state index is 11.2. The highest BCUT2D eigenvalue weighted by Crippen LogP contribution is 2.65. The molecule has 2 nitrogen and oxygen atoms in total. The molecule has 74 valence electrons. The average molecular weight is 182 g/mol. The van der Waals surface area contributed by atoms with Gasteiger partial charge in [-0.15, -0.1) is 0 Å². The van der Waals surface area contributed by atoms with E-state index in [9.17, 15) is 9.90 Å². The lowest BCUT2D eigenvalue weighted by atomic mass is 9.64. The van der Waals surface area contributed by atoms with E-state index in [1.807, 2.05) is 0 Å². The SMILES string of the molecule is CC1(C)[C@@H]2CC[C@@](C)(C2)[C@@H]1C(=O)O. The minimum atomic E-state index is -0.588. The quantitative estimate of drug-likeness (QED) is 0.676. The molecule has 0 radical (unpaired) electrons. The molecule has 0 aromatic rings. The van der Waals surface area contributed by atoms with Gasteiger partial charge in [-0.3, -0.25) is 4.79 Å². The fourth-order valence-electron chi connectivity index (χ4n) is 3.92. The van der Waals surface area contributed by atoms with Crippen LogP contribution in [-0.4, -0.2) is 11.1 Å². The number of hydrogen-bond donors (Lipinski definition) is 1. The van der Waals surface area contributed by atoms with Gasteiger partial charge in [-0.25, -0.2) is 0 Å². The monoisotopic (exact) mass is 182 g/mol. The Hall–Kier alpha value is -0.530. The molecule has 2 aliphatic carbocycles. The van der Waals surface area contributed by atoms with Gasteiger partial charge < -0.3 is 5.11 Å². The zero-order valence-corrected chi connectivity index (χ0v) is 8.63. The second-order valence-corrected chi connectivity index (χ2v) is 5.69. The summed E-state index contributed by atoms with van der Waals surface area (Å²) in [6, 6.07) is 0. The van der Waals surface area contributed by atoms with E-state index in [0.717, 1.165) is 12.8 Å². The molecular formula is C11H18O2. The van der Waals surface area contributed by atoms with Gasteiger partial charge in [-0.2, -0.15) is 0 Å². The normalized spacial score (nSPS) is 46.7. The molecule has 0 aromatic carbocycles. The van der Waals surface area contributed by atoms with Crippen LogP contribution in [0.2, 0.25) is 0 Å². The van der Waals surface area contributed by atoms with Gasteiger partial charge in [-0.1, -0.05) is 20.8 Å². The van der Waals surface area contributed by atoms with Crippen LogP contribution in [0, 0.1) is 22.7 Å². The number of hydrogen-bond acceptors (Lipinski definition) is 1. The summed E-state index contributed by atoms with van der Waals surface area (Å²) in [6.45, 7) is 6.41. The Morgan fingerprint density at radius 2 is 2.00 bits per heavy atom. The first-order valence-corrected chi connectivity index (χ1v) is 5.11. The highest BCUT2D eigenvalue weighted by Gasteiger charge is 2.62. The third-order valence-corrected chi connectivity index (χ3v) is 4.52. The van der Waals surface area contributed by atoms with Crippen LogP contribution in [0.25, 0.3) is 0 Å². The van der Waals surface area contributed by atoms with Crippen molar-refractivity contribution in [3.05, 3.63) is 0 Å². The molecule has 2 aliphatic rings. The summed E-state index contributed by atoms with van der Waals surface area (Å²) in [5.41, 5.74) is 0.0961. The van der Waals surface area contributed by atoms with E-state index < -0.39 is 5.97 Å². The van der Waals surface area contributed by atoms with Gasteiger partial charge in [0.15, 0.2) is 0 Å². The van der Waals surface area contributed by atoms with Gasteiger partial charge in [0.25, 0.3) is 0 Å². The number of carboxylic acid groups (broad SMARTS) is 1. The molecule has 0 spiro atoms. The van der Waals surface area contributed by atoms with Crippen LogP contribution < -0.4 is 0 Å². The summed E-state index contributed by atoms with van der Waals surface area (Å²) >= 11 is 0. The topological polar surface area (TPSA) is 37.3 Å². The molecule has 13 heavy (non-hydrogen) atoms. The zero-order chi connectivity index (χ0) is 9.85. The Labute approximate surface area is 79.3 Å². The average Bonchev–Trinajstić information content (AvgIpc) is 2.36. The number of carboxylic acids is 1. The van der Waals surface area contributed by atoms with E-state index in [4.69, 9.17) is 0 Å². The van der Waals surface area contributed by atoms with E-state index in [0.29, 0.717) is 5.92 Å². The highest BCUT2D eigenvalue weighted by molar-refractivity contribution is 5.73. The molecule has 0 heterocycles. The Balaban J connectivity index is 2.39. The molecule has 0 aromatic heterocycles. The van der Waals surface area contributed by atoms with Crippen LogP contribution in [0.5, 0.6) is 0 Å². The van der Waals surface area contributed by atoms with E-state index in [2.05, 4.69) is 20.8 Å². The third kappa shape index (κ3) is 0.976. The van der Waals surface area contributed by atoms with E-state index in [1.165, 1.54) is 6.42 Å². The van der Waals surface area contributed by atoms with Gasteiger partial charge in [0, 0.05) is 0 Å². The van der Waals surface area contributed by atoms with Crippen molar-refractivity contribution in [3.8, 4) is 0 Å². The Morgan fingerprint density at radius 1 is 1.38 bits per heavy atom. The number of carbonyl (C=O) groups is 1. The van der Waals surface area contributed by atoms with Crippen LogP contribution in [0.1, 0.15) is 40.0 Å². The molecule has 2 fully saturated rings. The molecule has 1 N–H and O–H groups in total. The van der Waals surface area contributed by atoms with E-state index in [-0.39, 0.29) is 16.7 Å². The molecular weight excluding hydrogens is 164 g/mol. The number of fused-ring (bicyclic) bond motifs is 2. The van der Waals surface area contributed by atoms with Crippen molar-refractivity contribution in [2.24, 2.45) is 22.7 Å². The van der Waals surface area contributed by atoms with Crippen molar-refractivity contribution < 1.29 is 9.90 Å². The maximum Gasteiger partial charge on any atom is 0.307 e. The van der Waals surface area contributed by atoms with E-state index in [1.54, 1.807) is 0 Å². The smallest absolute Gasteiger partial charge is 0.307 e. The van der Waals surface area contributed by atoms with Crippen molar-refractivity contribution in [1.29, 1.82) is 0 Å². The van der Waals surface area contributed by atoms with Crippen molar-refractivity contribution in [3.63, 3.8) is 0 Å². The summed E-state index contributed by atoms with van der Waals surface area (Å²) < 4.78 is 0. The van der Waals surface area contributed by atoms with Crippen molar-refractivity contribution in [2.75, 3.05) is 0 Å². The second-order valence-electron chi connectivity index (χ2n) is 5.69. The Kier molecular flexibility index (Phi) is 1.59. The van der Waals surface area contributed by atoms with E-state index >= 15 is 0 Å². The summed E-state index contributed by atoms with van der Waals surface area (Å²) in [6.07, 6.45) is 3.46. The van der Waals surface area contributed by atoms with Crippen LogP contribution in [0.15, 0.2) is 0 Å². The van der Waals surface area contributed by atoms with Gasteiger partial charge in [0.1, 0.15) is 0 Å². The van der Waals surface area contributed by atoms with Crippen molar-refractivity contribution in [2.45, 2.75) is 40.0 Å². The minimum Gasteiger partial charge on any atom is -0.481 e. The van der Waals surface area contributed by atoms with Gasteiger partial charge >= 0.3 is 5.97 Å². The first-order chi connectivity index (χ1) is 5.88. The molecule has 2 bridgehead atoms. The molecule has 2 rings (SSSR count). The fourth-order valence-corrected chi connectivity index (χ4v) is 3.92. The summed E-state index contributed by atoms with van der Waals surface area (Å²) in [5.74, 6) is -0.0768. The first kappa shape index (κ1) is 9.04. The second kappa shape index (κ2) is 2.28. The minimum absolute atomic E-state index is 0.0127. The molecule has 0 aliphatic heterocycles. The standard InChI is InChI=1S/C11H18O2/c1-10(2)7-4-5-11(3,6-7)8(10)9(12)13/h7-8H,4-6H2,1-3H3,(H,12,13)/t7-,8-,11+/m1/s1. The molecule has 0 unspecified atom stereocenters. The van der Waals surface area contributed by atoms with Crippen molar-refractivity contribution in [1.82, 2.24) is 0 Å². The zero-order valence-electron chi connectivity index (χ0n) is 8.63. The highest BCUT2D eigenvalue weighted by atomic mass is 16.4. The van der Waals surface area contributed by atoms with Gasteiger partial charge in [0.2, 0.25) is 0 Å². The molecule has 2 heteroatoms. The lowest BCUT2D eigenvalue weighted by Crippen LogP contribution is -2.40. The van der Waals surface area contributed by atoms with Crippen LogP contribution in [-0.2, 0) is 4.79 Å². The van der Waals surface area contributed by atoms with Crippen LogP contribution in [0.4, 0.5) is 0 Å². The molecule has 3 atom stereocenters. The number of aliphatic carboxylic acids is 1.